The highest BCUT2D eigenvalue weighted by molar-refractivity contribution is 7.89. The fraction of sp³-hybridized carbons (Fsp3) is 0.389. The summed E-state index contributed by atoms with van der Waals surface area (Å²) in [5.74, 6) is -0.995. The number of nitrogens with one attached hydrogen (secondary N) is 1. The number of aryl methyl sites for hydroxylation is 1. The molecule has 2 aromatic rings. The van der Waals surface area contributed by atoms with Crippen LogP contribution in [0.2, 0.25) is 0 Å². The molecule has 9 nitrogen and oxygen atoms in total. The largest absolute Gasteiger partial charge is 0.464 e. The molecule has 0 bridgehead atoms. The van der Waals surface area contributed by atoms with Crippen molar-refractivity contribution in [2.45, 2.75) is 30.3 Å². The number of amides is 1. The molecule has 28 heavy (non-hydrogen) atoms. The van der Waals surface area contributed by atoms with Gasteiger partial charge in [-0.05, 0) is 31.0 Å². The quantitative estimate of drug-likeness (QED) is 0.706. The van der Waals surface area contributed by atoms with E-state index in [9.17, 15) is 18.0 Å². The van der Waals surface area contributed by atoms with Gasteiger partial charge in [-0.3, -0.25) is 9.78 Å². The van der Waals surface area contributed by atoms with Crippen LogP contribution in [0.1, 0.15) is 29.0 Å². The van der Waals surface area contributed by atoms with Crippen LogP contribution in [-0.2, 0) is 33.1 Å². The predicted octanol–water partition coefficient (Wildman–Crippen LogP) is 0.676. The third-order valence-corrected chi connectivity index (χ3v) is 6.53. The number of pyridine rings is 1. The van der Waals surface area contributed by atoms with Gasteiger partial charge in [-0.25, -0.2) is 13.2 Å². The van der Waals surface area contributed by atoms with Gasteiger partial charge in [-0.2, -0.15) is 4.31 Å². The minimum Gasteiger partial charge on any atom is -0.464 e. The van der Waals surface area contributed by atoms with Crippen molar-refractivity contribution in [3.05, 3.63) is 48.0 Å². The van der Waals surface area contributed by atoms with Gasteiger partial charge in [-0.1, -0.05) is 6.07 Å². The fourth-order valence-electron chi connectivity index (χ4n) is 3.21. The van der Waals surface area contributed by atoms with Crippen molar-refractivity contribution < 1.29 is 22.7 Å². The van der Waals surface area contributed by atoms with Gasteiger partial charge in [0.25, 0.3) is 0 Å². The van der Waals surface area contributed by atoms with Crippen LogP contribution >= 0.6 is 0 Å². The van der Waals surface area contributed by atoms with Crippen LogP contribution in [0, 0.1) is 0 Å². The lowest BCUT2D eigenvalue weighted by molar-refractivity contribution is -0.124. The van der Waals surface area contributed by atoms with Crippen LogP contribution in [0.5, 0.6) is 0 Å². The zero-order valence-corrected chi connectivity index (χ0v) is 16.5. The Morgan fingerprint density at radius 3 is 2.82 bits per heavy atom. The van der Waals surface area contributed by atoms with Gasteiger partial charge in [-0.15, -0.1) is 0 Å². The third kappa shape index (κ3) is 3.92. The molecule has 0 aromatic carbocycles. The number of carbonyl (C=O) groups excluding carboxylic acids is 2. The second kappa shape index (κ2) is 8.11. The first-order valence-corrected chi connectivity index (χ1v) is 10.2. The number of ether oxygens (including phenoxy) is 1. The molecule has 0 radical (unpaired) electrons. The third-order valence-electron chi connectivity index (χ3n) is 4.66. The molecule has 1 atom stereocenters. The molecule has 150 valence electrons. The van der Waals surface area contributed by atoms with Crippen molar-refractivity contribution in [3.8, 4) is 0 Å². The van der Waals surface area contributed by atoms with E-state index >= 15 is 0 Å². The average molecular weight is 406 g/mol. The van der Waals surface area contributed by atoms with Crippen molar-refractivity contribution in [2.24, 2.45) is 7.05 Å². The number of sulfonamides is 1. The van der Waals surface area contributed by atoms with Crippen LogP contribution in [0.3, 0.4) is 0 Å². The van der Waals surface area contributed by atoms with Crippen LogP contribution in [0.25, 0.3) is 0 Å². The summed E-state index contributed by atoms with van der Waals surface area (Å²) in [6.45, 7) is 0.467. The molecule has 1 fully saturated rings. The van der Waals surface area contributed by atoms with Gasteiger partial charge in [0, 0.05) is 26.0 Å². The molecular formula is C18H22N4O5S. The van der Waals surface area contributed by atoms with E-state index in [1.54, 1.807) is 25.4 Å². The van der Waals surface area contributed by atoms with E-state index in [0.29, 0.717) is 18.5 Å². The number of rotatable bonds is 6. The van der Waals surface area contributed by atoms with Crippen LogP contribution in [0.15, 0.2) is 41.6 Å². The van der Waals surface area contributed by atoms with Crippen LogP contribution in [-0.4, -0.2) is 53.8 Å². The summed E-state index contributed by atoms with van der Waals surface area (Å²) in [6, 6.07) is 5.84. The number of hydrogen-bond acceptors (Lipinski definition) is 6. The Bertz CT molecular complexity index is 971. The zero-order chi connectivity index (χ0) is 20.3. The number of hydrogen-bond donors (Lipinski definition) is 1. The van der Waals surface area contributed by atoms with E-state index in [1.165, 1.54) is 28.2 Å². The summed E-state index contributed by atoms with van der Waals surface area (Å²) in [7, 11) is -1.14. The highest BCUT2D eigenvalue weighted by Gasteiger charge is 2.40. The monoisotopic (exact) mass is 406 g/mol. The molecular weight excluding hydrogens is 384 g/mol. The van der Waals surface area contributed by atoms with Gasteiger partial charge >= 0.3 is 5.97 Å². The molecule has 2 aromatic heterocycles. The van der Waals surface area contributed by atoms with E-state index in [1.807, 2.05) is 6.07 Å². The summed E-state index contributed by atoms with van der Waals surface area (Å²) in [6.07, 6.45) is 3.99. The first-order chi connectivity index (χ1) is 13.3. The van der Waals surface area contributed by atoms with Gasteiger partial charge < -0.3 is 14.6 Å². The summed E-state index contributed by atoms with van der Waals surface area (Å²) < 4.78 is 33.4. The number of methoxy groups -OCH3 is 1. The lowest BCUT2D eigenvalue weighted by Crippen LogP contribution is -2.45. The number of esters is 1. The van der Waals surface area contributed by atoms with Gasteiger partial charge in [0.15, 0.2) is 0 Å². The Morgan fingerprint density at radius 1 is 1.36 bits per heavy atom. The average Bonchev–Trinajstić information content (AvgIpc) is 3.34. The number of nitrogens with zero attached hydrogens (tertiary/aromatic N) is 3. The minimum absolute atomic E-state index is 0.0418. The molecule has 1 aliphatic heterocycles. The smallest absolute Gasteiger partial charge is 0.354 e. The maximum absolute atomic E-state index is 13.1. The number of carbonyl (C=O) groups is 2. The zero-order valence-electron chi connectivity index (χ0n) is 15.7. The van der Waals surface area contributed by atoms with Gasteiger partial charge in [0.2, 0.25) is 15.9 Å². The highest BCUT2D eigenvalue weighted by Crippen LogP contribution is 2.27. The van der Waals surface area contributed by atoms with E-state index in [2.05, 4.69) is 15.0 Å². The normalized spacial score (nSPS) is 17.4. The maximum atomic E-state index is 13.1. The minimum atomic E-state index is -3.93. The fourth-order valence-corrected chi connectivity index (χ4v) is 4.93. The Labute approximate surface area is 163 Å². The molecule has 1 N–H and O–H groups in total. The first-order valence-electron chi connectivity index (χ1n) is 8.78. The molecule has 0 aliphatic carbocycles. The Balaban J connectivity index is 1.77. The second-order valence-electron chi connectivity index (χ2n) is 6.48. The Morgan fingerprint density at radius 2 is 2.14 bits per heavy atom. The van der Waals surface area contributed by atoms with Crippen LogP contribution in [0.4, 0.5) is 0 Å². The molecule has 0 spiro atoms. The summed E-state index contributed by atoms with van der Waals surface area (Å²) in [4.78, 5) is 28.5. The molecule has 0 saturated carbocycles. The molecule has 3 heterocycles. The Kier molecular flexibility index (Phi) is 5.80. The SMILES string of the molecule is COC(=O)c1cc(S(=O)(=O)N2CCC[C@H]2C(=O)NCc2ccccn2)cn1C. The molecule has 0 unspecified atom stereocenters. The number of aromatic nitrogens is 2. The maximum Gasteiger partial charge on any atom is 0.354 e. The molecule has 3 rings (SSSR count). The predicted molar refractivity (Wildman–Crippen MR) is 99.8 cm³/mol. The van der Waals surface area contributed by atoms with Crippen molar-refractivity contribution >= 4 is 21.9 Å². The lowest BCUT2D eigenvalue weighted by Gasteiger charge is -2.22. The molecule has 10 heteroatoms. The van der Waals surface area contributed by atoms with Crippen molar-refractivity contribution in [1.82, 2.24) is 19.2 Å². The van der Waals surface area contributed by atoms with Crippen LogP contribution < -0.4 is 5.32 Å². The lowest BCUT2D eigenvalue weighted by atomic mass is 10.2. The summed E-state index contributed by atoms with van der Waals surface area (Å²) in [5, 5.41) is 2.75. The van der Waals surface area contributed by atoms with Crippen molar-refractivity contribution in [3.63, 3.8) is 0 Å². The van der Waals surface area contributed by atoms with Gasteiger partial charge in [0.1, 0.15) is 16.6 Å². The summed E-state index contributed by atoms with van der Waals surface area (Å²) >= 11 is 0. The van der Waals surface area contributed by atoms with E-state index in [-0.39, 0.29) is 29.6 Å². The van der Waals surface area contributed by atoms with Crippen molar-refractivity contribution in [1.29, 1.82) is 0 Å². The first kappa shape index (κ1) is 20.0. The Hall–Kier alpha value is -2.72. The molecule has 1 aliphatic rings. The van der Waals surface area contributed by atoms with E-state index in [4.69, 9.17) is 0 Å². The standard InChI is InChI=1S/C18H22N4O5S/c1-21-12-14(10-16(21)18(24)27-2)28(25,26)22-9-5-7-15(22)17(23)20-11-13-6-3-4-8-19-13/h3-4,6,8,10,12,15H,5,7,9,11H2,1-2H3,(H,20,23)/t15-/m0/s1. The second-order valence-corrected chi connectivity index (χ2v) is 8.37. The van der Waals surface area contributed by atoms with E-state index in [0.717, 1.165) is 0 Å². The van der Waals surface area contributed by atoms with Gasteiger partial charge in [0.05, 0.1) is 19.3 Å². The summed E-state index contributed by atoms with van der Waals surface area (Å²) in [5.41, 5.74) is 0.811. The topological polar surface area (TPSA) is 111 Å². The molecule has 1 amide bonds. The van der Waals surface area contributed by atoms with Crippen molar-refractivity contribution in [2.75, 3.05) is 13.7 Å². The highest BCUT2D eigenvalue weighted by atomic mass is 32.2. The van der Waals surface area contributed by atoms with E-state index < -0.39 is 22.0 Å². The molecule has 1 saturated heterocycles.